The van der Waals surface area contributed by atoms with E-state index in [0.717, 1.165) is 10.0 Å². The first-order chi connectivity index (χ1) is 8.94. The van der Waals surface area contributed by atoms with E-state index in [1.807, 2.05) is 13.0 Å². The molecule has 1 aromatic carbocycles. The number of benzene rings is 1. The monoisotopic (exact) mass is 351 g/mol. The fourth-order valence-electron chi connectivity index (χ4n) is 1.35. The summed E-state index contributed by atoms with van der Waals surface area (Å²) >= 11 is 3.37. The molecule has 0 radical (unpaired) electrons. The number of hydrogen-bond donors (Lipinski definition) is 1. The van der Waals surface area contributed by atoms with Gasteiger partial charge in [0, 0.05) is 17.3 Å². The molecule has 0 amide bonds. The maximum Gasteiger partial charge on any atom is 0.234 e. The Morgan fingerprint density at radius 2 is 2.00 bits per heavy atom. The van der Waals surface area contributed by atoms with Crippen LogP contribution in [-0.4, -0.2) is 41.1 Å². The third kappa shape index (κ3) is 6.38. The first-order valence-corrected chi connectivity index (χ1v) is 8.22. The number of anilines is 1. The summed E-state index contributed by atoms with van der Waals surface area (Å²) in [4.78, 5) is 0. The lowest BCUT2D eigenvalue weighted by Gasteiger charge is -2.09. The highest BCUT2D eigenvalue weighted by molar-refractivity contribution is 9.10. The molecular formula is C12H18BrNO4S. The predicted molar refractivity (Wildman–Crippen MR) is 79.0 cm³/mol. The fourth-order valence-corrected chi connectivity index (χ4v) is 2.52. The van der Waals surface area contributed by atoms with Crippen molar-refractivity contribution >= 4 is 31.6 Å². The summed E-state index contributed by atoms with van der Waals surface area (Å²) in [5.74, 6) is -0.0776. The van der Waals surface area contributed by atoms with Gasteiger partial charge in [-0.25, -0.2) is 8.42 Å². The second-order valence-electron chi connectivity index (χ2n) is 3.99. The molecule has 0 aliphatic carbocycles. The highest BCUT2D eigenvalue weighted by atomic mass is 79.9. The summed E-state index contributed by atoms with van der Waals surface area (Å²) in [5, 5.41) is 0. The molecule has 5 nitrogen and oxygen atoms in total. The van der Waals surface area contributed by atoms with E-state index in [1.54, 1.807) is 19.2 Å². The van der Waals surface area contributed by atoms with Crippen molar-refractivity contribution in [2.24, 2.45) is 0 Å². The molecule has 0 saturated heterocycles. The maximum absolute atomic E-state index is 11.8. The van der Waals surface area contributed by atoms with Crippen LogP contribution in [-0.2, 0) is 19.5 Å². The zero-order valence-corrected chi connectivity index (χ0v) is 13.4. The van der Waals surface area contributed by atoms with Crippen molar-refractivity contribution in [3.05, 3.63) is 28.2 Å². The summed E-state index contributed by atoms with van der Waals surface area (Å²) in [6, 6.07) is 5.29. The van der Waals surface area contributed by atoms with Crippen molar-refractivity contribution in [1.82, 2.24) is 0 Å². The Morgan fingerprint density at radius 1 is 1.26 bits per heavy atom. The quantitative estimate of drug-likeness (QED) is 0.729. The second-order valence-corrected chi connectivity index (χ2v) is 6.69. The van der Waals surface area contributed by atoms with Gasteiger partial charge in [0.2, 0.25) is 10.0 Å². The molecule has 108 valence electrons. The van der Waals surface area contributed by atoms with E-state index in [1.165, 1.54) is 0 Å². The lowest BCUT2D eigenvalue weighted by molar-refractivity contribution is 0.0785. The van der Waals surface area contributed by atoms with Gasteiger partial charge in [-0.15, -0.1) is 0 Å². The number of sulfonamides is 1. The van der Waals surface area contributed by atoms with Crippen molar-refractivity contribution in [3.8, 4) is 0 Å². The highest BCUT2D eigenvalue weighted by Crippen LogP contribution is 2.20. The van der Waals surface area contributed by atoms with E-state index >= 15 is 0 Å². The second kappa shape index (κ2) is 7.84. The molecule has 1 aromatic rings. The first kappa shape index (κ1) is 16.4. The van der Waals surface area contributed by atoms with E-state index in [0.29, 0.717) is 18.9 Å². The van der Waals surface area contributed by atoms with Gasteiger partial charge in [0.25, 0.3) is 0 Å². The summed E-state index contributed by atoms with van der Waals surface area (Å²) < 4.78 is 37.0. The Kier molecular flexibility index (Phi) is 6.78. The Morgan fingerprint density at radius 3 is 2.63 bits per heavy atom. The normalized spacial score (nSPS) is 11.5. The van der Waals surface area contributed by atoms with E-state index in [4.69, 9.17) is 9.47 Å². The summed E-state index contributed by atoms with van der Waals surface area (Å²) in [6.45, 7) is 2.90. The van der Waals surface area contributed by atoms with Crippen molar-refractivity contribution < 1.29 is 17.9 Å². The van der Waals surface area contributed by atoms with Gasteiger partial charge in [-0.2, -0.15) is 0 Å². The third-order valence-corrected chi connectivity index (χ3v) is 4.50. The van der Waals surface area contributed by atoms with Gasteiger partial charge in [0.15, 0.2) is 0 Å². The standard InChI is InChI=1S/C12H18BrNO4S/c1-10-9-11(3-4-12(10)13)14-19(15,16)8-7-18-6-5-17-2/h3-4,9,14H,5-8H2,1-2H3. The smallest absolute Gasteiger partial charge is 0.234 e. The van der Waals surface area contributed by atoms with Crippen LogP contribution >= 0.6 is 15.9 Å². The lowest BCUT2D eigenvalue weighted by Crippen LogP contribution is -2.21. The van der Waals surface area contributed by atoms with Crippen LogP contribution in [0.3, 0.4) is 0 Å². The highest BCUT2D eigenvalue weighted by Gasteiger charge is 2.10. The Hall–Kier alpha value is -0.630. The van der Waals surface area contributed by atoms with Crippen LogP contribution in [0.5, 0.6) is 0 Å². The molecule has 1 rings (SSSR count). The van der Waals surface area contributed by atoms with Crippen LogP contribution in [0.15, 0.2) is 22.7 Å². The van der Waals surface area contributed by atoms with E-state index < -0.39 is 10.0 Å². The topological polar surface area (TPSA) is 64.6 Å². The molecule has 0 unspecified atom stereocenters. The number of ether oxygens (including phenoxy) is 2. The average molecular weight is 352 g/mol. The van der Waals surface area contributed by atoms with Gasteiger partial charge < -0.3 is 9.47 Å². The van der Waals surface area contributed by atoms with Gasteiger partial charge in [-0.3, -0.25) is 4.72 Å². The van der Waals surface area contributed by atoms with E-state index in [2.05, 4.69) is 20.7 Å². The molecule has 0 spiro atoms. The molecule has 1 N–H and O–H groups in total. The molecule has 0 atom stereocenters. The van der Waals surface area contributed by atoms with Crippen molar-refractivity contribution in [1.29, 1.82) is 0 Å². The number of rotatable bonds is 8. The molecule has 0 aromatic heterocycles. The molecule has 0 aliphatic rings. The van der Waals surface area contributed by atoms with Crippen LogP contribution in [0.2, 0.25) is 0 Å². The number of nitrogens with one attached hydrogen (secondary N) is 1. The SMILES string of the molecule is COCCOCCS(=O)(=O)Nc1ccc(Br)c(C)c1. The minimum absolute atomic E-state index is 0.0776. The first-order valence-electron chi connectivity index (χ1n) is 5.78. The summed E-state index contributed by atoms with van der Waals surface area (Å²) in [6.07, 6.45) is 0. The fraction of sp³-hybridized carbons (Fsp3) is 0.500. The number of halogens is 1. The largest absolute Gasteiger partial charge is 0.382 e. The molecule has 0 saturated carbocycles. The molecule has 0 heterocycles. The number of aryl methyl sites for hydroxylation is 1. The Labute approximate surface area is 122 Å². The Balaban J connectivity index is 2.47. The maximum atomic E-state index is 11.8. The molecule has 0 aliphatic heterocycles. The Bertz CT molecular complexity index is 504. The van der Waals surface area contributed by atoms with Crippen molar-refractivity contribution in [2.45, 2.75) is 6.92 Å². The lowest BCUT2D eigenvalue weighted by atomic mass is 10.2. The molecule has 0 fully saturated rings. The van der Waals surface area contributed by atoms with Gasteiger partial charge in [-0.05, 0) is 30.7 Å². The van der Waals surface area contributed by atoms with Gasteiger partial charge in [0.1, 0.15) is 0 Å². The average Bonchev–Trinajstić information content (AvgIpc) is 2.33. The number of hydrogen-bond acceptors (Lipinski definition) is 4. The van der Waals surface area contributed by atoms with Crippen LogP contribution in [0.4, 0.5) is 5.69 Å². The van der Waals surface area contributed by atoms with Crippen molar-refractivity contribution in [2.75, 3.05) is 37.4 Å². The van der Waals surface area contributed by atoms with E-state index in [9.17, 15) is 8.42 Å². The molecule has 7 heteroatoms. The van der Waals surface area contributed by atoms with Crippen molar-refractivity contribution in [3.63, 3.8) is 0 Å². The number of methoxy groups -OCH3 is 1. The summed E-state index contributed by atoms with van der Waals surface area (Å²) in [5.41, 5.74) is 1.52. The van der Waals surface area contributed by atoms with Gasteiger partial charge >= 0.3 is 0 Å². The minimum atomic E-state index is -3.38. The van der Waals surface area contributed by atoms with Crippen LogP contribution < -0.4 is 4.72 Å². The predicted octanol–water partition coefficient (Wildman–Crippen LogP) is 2.16. The molecule has 0 bridgehead atoms. The van der Waals surface area contributed by atoms with Gasteiger partial charge in [0.05, 0.1) is 25.6 Å². The summed E-state index contributed by atoms with van der Waals surface area (Å²) in [7, 11) is -1.82. The third-order valence-electron chi connectivity index (χ3n) is 2.36. The van der Waals surface area contributed by atoms with Crippen LogP contribution in [0.1, 0.15) is 5.56 Å². The zero-order valence-electron chi connectivity index (χ0n) is 11.0. The van der Waals surface area contributed by atoms with Crippen LogP contribution in [0.25, 0.3) is 0 Å². The minimum Gasteiger partial charge on any atom is -0.382 e. The van der Waals surface area contributed by atoms with E-state index in [-0.39, 0.29) is 12.4 Å². The zero-order chi connectivity index (χ0) is 14.3. The van der Waals surface area contributed by atoms with Gasteiger partial charge in [-0.1, -0.05) is 15.9 Å². The molecular weight excluding hydrogens is 334 g/mol. The molecule has 19 heavy (non-hydrogen) atoms. The van der Waals surface area contributed by atoms with Crippen LogP contribution in [0, 0.1) is 6.92 Å².